The smallest absolute Gasteiger partial charge is 0.166 e. The van der Waals surface area contributed by atoms with Crippen molar-refractivity contribution in [3.05, 3.63) is 51.8 Å². The van der Waals surface area contributed by atoms with Crippen molar-refractivity contribution in [2.45, 2.75) is 25.8 Å². The van der Waals surface area contributed by atoms with Crippen LogP contribution in [0.2, 0.25) is 0 Å². The second-order valence-electron chi connectivity index (χ2n) is 4.53. The standard InChI is InChI=1S/C14H13BrN2O/c15-12-5-2-1-4-10(12)9-17-13-6-3-7-14(18)11(13)8-16-17/h1-2,4-5,8H,3,6-7,9H2. The normalized spacial score (nSPS) is 14.6. The van der Waals surface area contributed by atoms with Crippen LogP contribution in [-0.4, -0.2) is 15.6 Å². The third kappa shape index (κ3) is 2.01. The van der Waals surface area contributed by atoms with Crippen LogP contribution in [0.25, 0.3) is 0 Å². The molecule has 1 aliphatic rings. The number of carbonyl (C=O) groups is 1. The highest BCUT2D eigenvalue weighted by atomic mass is 79.9. The quantitative estimate of drug-likeness (QED) is 0.854. The Bertz CT molecular complexity index is 604. The van der Waals surface area contributed by atoms with Gasteiger partial charge in [-0.1, -0.05) is 34.1 Å². The molecule has 0 saturated carbocycles. The molecule has 18 heavy (non-hydrogen) atoms. The Balaban J connectivity index is 1.95. The van der Waals surface area contributed by atoms with E-state index in [2.05, 4.69) is 27.1 Å². The van der Waals surface area contributed by atoms with E-state index in [1.54, 1.807) is 6.20 Å². The highest BCUT2D eigenvalue weighted by molar-refractivity contribution is 9.10. The Morgan fingerprint density at radius 1 is 1.28 bits per heavy atom. The number of nitrogens with zero attached hydrogens (tertiary/aromatic N) is 2. The summed E-state index contributed by atoms with van der Waals surface area (Å²) in [5, 5.41) is 4.36. The van der Waals surface area contributed by atoms with E-state index < -0.39 is 0 Å². The minimum atomic E-state index is 0.231. The minimum Gasteiger partial charge on any atom is -0.294 e. The maximum Gasteiger partial charge on any atom is 0.166 e. The first-order chi connectivity index (χ1) is 8.75. The molecule has 2 aromatic rings. The lowest BCUT2D eigenvalue weighted by Crippen LogP contribution is -2.14. The van der Waals surface area contributed by atoms with Gasteiger partial charge in [-0.2, -0.15) is 5.10 Å². The van der Waals surface area contributed by atoms with Gasteiger partial charge in [-0.15, -0.1) is 0 Å². The summed E-state index contributed by atoms with van der Waals surface area (Å²) >= 11 is 3.54. The lowest BCUT2D eigenvalue weighted by atomic mass is 9.97. The van der Waals surface area contributed by atoms with Gasteiger partial charge in [0.05, 0.1) is 18.3 Å². The minimum absolute atomic E-state index is 0.231. The van der Waals surface area contributed by atoms with Crippen molar-refractivity contribution in [2.24, 2.45) is 0 Å². The second kappa shape index (κ2) is 4.69. The van der Waals surface area contributed by atoms with Crippen molar-refractivity contribution in [1.82, 2.24) is 9.78 Å². The van der Waals surface area contributed by atoms with Crippen LogP contribution >= 0.6 is 15.9 Å². The number of rotatable bonds is 2. The first-order valence-electron chi connectivity index (χ1n) is 6.07. The summed E-state index contributed by atoms with van der Waals surface area (Å²) < 4.78 is 3.03. The molecule has 1 aliphatic carbocycles. The molecule has 3 rings (SSSR count). The highest BCUT2D eigenvalue weighted by Crippen LogP contribution is 2.23. The number of carbonyl (C=O) groups excluding carboxylic acids is 1. The van der Waals surface area contributed by atoms with Crippen molar-refractivity contribution >= 4 is 21.7 Å². The number of aromatic nitrogens is 2. The van der Waals surface area contributed by atoms with Gasteiger partial charge in [0, 0.05) is 16.6 Å². The Morgan fingerprint density at radius 2 is 2.11 bits per heavy atom. The topological polar surface area (TPSA) is 34.9 Å². The molecular formula is C14H13BrN2O. The number of hydrogen-bond acceptors (Lipinski definition) is 2. The second-order valence-corrected chi connectivity index (χ2v) is 5.39. The first-order valence-corrected chi connectivity index (χ1v) is 6.86. The summed E-state index contributed by atoms with van der Waals surface area (Å²) in [6.45, 7) is 0.712. The number of ketones is 1. The van der Waals surface area contributed by atoms with Crippen LogP contribution in [0.3, 0.4) is 0 Å². The fourth-order valence-corrected chi connectivity index (χ4v) is 2.79. The number of Topliss-reactive ketones (excluding diaryl/α,β-unsaturated/α-hetero) is 1. The third-order valence-electron chi connectivity index (χ3n) is 3.34. The monoisotopic (exact) mass is 304 g/mol. The molecule has 0 bridgehead atoms. The molecule has 0 radical (unpaired) electrons. The molecule has 92 valence electrons. The van der Waals surface area contributed by atoms with Gasteiger partial charge >= 0.3 is 0 Å². The Kier molecular flexibility index (Phi) is 3.04. The van der Waals surface area contributed by atoms with E-state index >= 15 is 0 Å². The molecule has 0 aliphatic heterocycles. The van der Waals surface area contributed by atoms with Crippen molar-refractivity contribution in [1.29, 1.82) is 0 Å². The molecule has 0 N–H and O–H groups in total. The third-order valence-corrected chi connectivity index (χ3v) is 4.12. The van der Waals surface area contributed by atoms with Crippen molar-refractivity contribution in [3.8, 4) is 0 Å². The molecule has 0 fully saturated rings. The summed E-state index contributed by atoms with van der Waals surface area (Å²) in [5.41, 5.74) is 3.08. The van der Waals surface area contributed by atoms with E-state index in [4.69, 9.17) is 0 Å². The summed E-state index contributed by atoms with van der Waals surface area (Å²) in [4.78, 5) is 11.8. The van der Waals surface area contributed by atoms with Gasteiger partial charge in [0.1, 0.15) is 0 Å². The predicted molar refractivity (Wildman–Crippen MR) is 72.7 cm³/mol. The van der Waals surface area contributed by atoms with Crippen LogP contribution in [0.15, 0.2) is 34.9 Å². The summed E-state index contributed by atoms with van der Waals surface area (Å²) in [5.74, 6) is 0.231. The maximum atomic E-state index is 11.8. The molecule has 0 atom stereocenters. The zero-order chi connectivity index (χ0) is 12.5. The van der Waals surface area contributed by atoms with Gasteiger partial charge in [0.25, 0.3) is 0 Å². The molecule has 3 nitrogen and oxygen atoms in total. The molecule has 1 aromatic heterocycles. The number of halogens is 1. The molecule has 0 amide bonds. The fourth-order valence-electron chi connectivity index (χ4n) is 2.38. The van der Waals surface area contributed by atoms with Crippen LogP contribution in [-0.2, 0) is 13.0 Å². The van der Waals surface area contributed by atoms with E-state index in [9.17, 15) is 4.79 Å². The van der Waals surface area contributed by atoms with Crippen LogP contribution in [0.1, 0.15) is 34.5 Å². The molecule has 1 aromatic carbocycles. The number of benzene rings is 1. The van der Waals surface area contributed by atoms with Gasteiger partial charge in [0.2, 0.25) is 0 Å². The van der Waals surface area contributed by atoms with E-state index in [0.717, 1.165) is 28.6 Å². The number of fused-ring (bicyclic) bond motifs is 1. The van der Waals surface area contributed by atoms with Crippen molar-refractivity contribution in [2.75, 3.05) is 0 Å². The van der Waals surface area contributed by atoms with E-state index in [1.165, 1.54) is 5.56 Å². The molecule has 1 heterocycles. The van der Waals surface area contributed by atoms with Crippen LogP contribution in [0.4, 0.5) is 0 Å². The zero-order valence-electron chi connectivity index (χ0n) is 9.90. The van der Waals surface area contributed by atoms with Crippen LogP contribution in [0, 0.1) is 0 Å². The van der Waals surface area contributed by atoms with E-state index in [-0.39, 0.29) is 5.78 Å². The lowest BCUT2D eigenvalue weighted by Gasteiger charge is -2.13. The molecule has 0 unspecified atom stereocenters. The van der Waals surface area contributed by atoms with Crippen molar-refractivity contribution in [3.63, 3.8) is 0 Å². The Labute approximate surface area is 114 Å². The zero-order valence-corrected chi connectivity index (χ0v) is 11.5. The van der Waals surface area contributed by atoms with E-state index in [0.29, 0.717) is 13.0 Å². The van der Waals surface area contributed by atoms with Gasteiger partial charge in [-0.25, -0.2) is 0 Å². The average molecular weight is 305 g/mol. The molecule has 0 saturated heterocycles. The average Bonchev–Trinajstić information content (AvgIpc) is 2.77. The lowest BCUT2D eigenvalue weighted by molar-refractivity contribution is 0.0972. The van der Waals surface area contributed by atoms with Gasteiger partial charge in [-0.3, -0.25) is 9.48 Å². The first kappa shape index (κ1) is 11.7. The SMILES string of the molecule is O=C1CCCc2c1cnn2Cc1ccccc1Br. The summed E-state index contributed by atoms with van der Waals surface area (Å²) in [7, 11) is 0. The largest absolute Gasteiger partial charge is 0.294 e. The van der Waals surface area contributed by atoms with Crippen LogP contribution < -0.4 is 0 Å². The molecule has 4 heteroatoms. The van der Waals surface area contributed by atoms with Gasteiger partial charge in [-0.05, 0) is 24.5 Å². The van der Waals surface area contributed by atoms with Crippen molar-refractivity contribution < 1.29 is 4.79 Å². The van der Waals surface area contributed by atoms with Gasteiger partial charge in [0.15, 0.2) is 5.78 Å². The van der Waals surface area contributed by atoms with Gasteiger partial charge < -0.3 is 0 Å². The number of hydrogen-bond donors (Lipinski definition) is 0. The maximum absolute atomic E-state index is 11.8. The molecule has 0 spiro atoms. The Morgan fingerprint density at radius 3 is 2.94 bits per heavy atom. The summed E-state index contributed by atoms with van der Waals surface area (Å²) in [6, 6.07) is 8.11. The Hall–Kier alpha value is -1.42. The molecular weight excluding hydrogens is 292 g/mol. The van der Waals surface area contributed by atoms with E-state index in [1.807, 2.05) is 22.9 Å². The predicted octanol–water partition coefficient (Wildman–Crippen LogP) is 3.21. The summed E-state index contributed by atoms with van der Waals surface area (Å²) in [6.07, 6.45) is 4.26. The van der Waals surface area contributed by atoms with Crippen LogP contribution in [0.5, 0.6) is 0 Å². The highest BCUT2D eigenvalue weighted by Gasteiger charge is 2.21. The fraction of sp³-hybridized carbons (Fsp3) is 0.286.